The van der Waals surface area contributed by atoms with Gasteiger partial charge in [-0.15, -0.1) is 0 Å². The van der Waals surface area contributed by atoms with Crippen LogP contribution < -0.4 is 5.32 Å². The lowest BCUT2D eigenvalue weighted by Gasteiger charge is -2.11. The number of para-hydroxylation sites is 1. The van der Waals surface area contributed by atoms with E-state index < -0.39 is 9.84 Å². The molecule has 0 aliphatic carbocycles. The van der Waals surface area contributed by atoms with Gasteiger partial charge >= 0.3 is 0 Å². The summed E-state index contributed by atoms with van der Waals surface area (Å²) in [5.41, 5.74) is 1.90. The van der Waals surface area contributed by atoms with Gasteiger partial charge in [-0.2, -0.15) is 0 Å². The van der Waals surface area contributed by atoms with E-state index in [9.17, 15) is 8.42 Å². The van der Waals surface area contributed by atoms with Gasteiger partial charge < -0.3 is 9.73 Å². The second-order valence-electron chi connectivity index (χ2n) is 4.63. The van der Waals surface area contributed by atoms with E-state index in [-0.39, 0.29) is 11.8 Å². The van der Waals surface area contributed by atoms with Crippen molar-refractivity contribution in [1.29, 1.82) is 0 Å². The highest BCUT2D eigenvalue weighted by molar-refractivity contribution is 7.90. The molecule has 5 heteroatoms. The lowest BCUT2D eigenvalue weighted by Crippen LogP contribution is -2.32. The van der Waals surface area contributed by atoms with Crippen molar-refractivity contribution in [2.75, 3.05) is 12.0 Å². The van der Waals surface area contributed by atoms with Gasteiger partial charge in [0.2, 0.25) is 0 Å². The average molecular weight is 267 g/mol. The fourth-order valence-electron chi connectivity index (χ4n) is 1.97. The Kier molecular flexibility index (Phi) is 3.73. The van der Waals surface area contributed by atoms with Crippen LogP contribution in [0.2, 0.25) is 0 Å². The van der Waals surface area contributed by atoms with Crippen LogP contribution in [-0.4, -0.2) is 26.5 Å². The molecule has 0 amide bonds. The Morgan fingerprint density at radius 2 is 2.06 bits per heavy atom. The number of hydrogen-bond donors (Lipinski definition) is 1. The maximum Gasteiger partial charge on any atom is 0.148 e. The number of fused-ring (bicyclic) bond motifs is 1. The van der Waals surface area contributed by atoms with Gasteiger partial charge in [0.1, 0.15) is 15.4 Å². The molecule has 0 saturated carbocycles. The number of sulfone groups is 1. The summed E-state index contributed by atoms with van der Waals surface area (Å²) >= 11 is 0. The minimum absolute atomic E-state index is 0.0753. The van der Waals surface area contributed by atoms with E-state index in [2.05, 4.69) is 5.32 Å². The quantitative estimate of drug-likeness (QED) is 0.899. The summed E-state index contributed by atoms with van der Waals surface area (Å²) in [6, 6.07) is 7.72. The van der Waals surface area contributed by atoms with Crippen LogP contribution in [0.15, 0.2) is 34.9 Å². The van der Waals surface area contributed by atoms with E-state index in [1.807, 2.05) is 31.2 Å². The Morgan fingerprint density at radius 1 is 1.33 bits per heavy atom. The standard InChI is InChI=1S/C13H17NO3S/c1-10(9-18(2,15)16)14-7-11-8-17-13-6-4-3-5-12(11)13/h3-6,8,10,14H,7,9H2,1-2H3. The zero-order valence-corrected chi connectivity index (χ0v) is 11.3. The Bertz CT molecular complexity index is 630. The van der Waals surface area contributed by atoms with E-state index in [1.54, 1.807) is 6.26 Å². The molecule has 0 bridgehead atoms. The summed E-state index contributed by atoms with van der Waals surface area (Å²) in [6.45, 7) is 2.47. The fourth-order valence-corrected chi connectivity index (χ4v) is 2.99. The average Bonchev–Trinajstić information content (AvgIpc) is 2.67. The molecule has 1 unspecified atom stereocenters. The number of furan rings is 1. The van der Waals surface area contributed by atoms with Crippen molar-refractivity contribution in [3.63, 3.8) is 0 Å². The maximum atomic E-state index is 11.2. The van der Waals surface area contributed by atoms with Gasteiger partial charge in [0.05, 0.1) is 12.0 Å². The van der Waals surface area contributed by atoms with Gasteiger partial charge in [0.25, 0.3) is 0 Å². The van der Waals surface area contributed by atoms with Crippen LogP contribution in [0.5, 0.6) is 0 Å². The summed E-state index contributed by atoms with van der Waals surface area (Å²) in [5.74, 6) is 0.142. The highest BCUT2D eigenvalue weighted by Gasteiger charge is 2.11. The molecule has 98 valence electrons. The van der Waals surface area contributed by atoms with Gasteiger partial charge in [0.15, 0.2) is 0 Å². The van der Waals surface area contributed by atoms with Gasteiger partial charge in [-0.1, -0.05) is 18.2 Å². The van der Waals surface area contributed by atoms with Crippen molar-refractivity contribution < 1.29 is 12.8 Å². The molecule has 1 aromatic heterocycles. The Morgan fingerprint density at radius 3 is 2.78 bits per heavy atom. The Labute approximate surface area is 107 Å². The molecule has 0 spiro atoms. The number of rotatable bonds is 5. The first-order valence-electron chi connectivity index (χ1n) is 5.82. The second kappa shape index (κ2) is 5.12. The van der Waals surface area contributed by atoms with Crippen LogP contribution in [0, 0.1) is 0 Å². The minimum atomic E-state index is -2.94. The molecule has 1 N–H and O–H groups in total. The third-order valence-electron chi connectivity index (χ3n) is 2.75. The zero-order valence-electron chi connectivity index (χ0n) is 10.5. The van der Waals surface area contributed by atoms with Crippen molar-refractivity contribution in [3.05, 3.63) is 36.1 Å². The van der Waals surface area contributed by atoms with Crippen LogP contribution in [0.1, 0.15) is 12.5 Å². The van der Waals surface area contributed by atoms with Crippen LogP contribution in [0.4, 0.5) is 0 Å². The molecular weight excluding hydrogens is 250 g/mol. The minimum Gasteiger partial charge on any atom is -0.464 e. The molecule has 0 fully saturated rings. The van der Waals surface area contributed by atoms with E-state index in [0.717, 1.165) is 16.5 Å². The van der Waals surface area contributed by atoms with Gasteiger partial charge in [-0.05, 0) is 13.0 Å². The van der Waals surface area contributed by atoms with Crippen molar-refractivity contribution in [1.82, 2.24) is 5.32 Å². The zero-order chi connectivity index (χ0) is 13.2. The molecule has 2 rings (SSSR count). The van der Waals surface area contributed by atoms with E-state index >= 15 is 0 Å². The fraction of sp³-hybridized carbons (Fsp3) is 0.385. The second-order valence-corrected chi connectivity index (χ2v) is 6.82. The Hall–Kier alpha value is -1.33. The molecule has 0 saturated heterocycles. The molecule has 2 aromatic rings. The molecule has 1 heterocycles. The molecule has 18 heavy (non-hydrogen) atoms. The first-order chi connectivity index (χ1) is 8.46. The van der Waals surface area contributed by atoms with Crippen LogP contribution in [0.3, 0.4) is 0 Å². The molecule has 1 atom stereocenters. The van der Waals surface area contributed by atoms with Crippen molar-refractivity contribution in [2.45, 2.75) is 19.5 Å². The van der Waals surface area contributed by atoms with Gasteiger partial charge in [0, 0.05) is 29.8 Å². The molecule has 0 aliphatic rings. The first kappa shape index (κ1) is 13.1. The SMILES string of the molecule is CC(CS(C)(=O)=O)NCc1coc2ccccc12. The predicted octanol–water partition coefficient (Wildman–Crippen LogP) is 1.96. The van der Waals surface area contributed by atoms with Crippen LogP contribution >= 0.6 is 0 Å². The molecule has 4 nitrogen and oxygen atoms in total. The van der Waals surface area contributed by atoms with Gasteiger partial charge in [-0.25, -0.2) is 8.42 Å². The van der Waals surface area contributed by atoms with E-state index in [0.29, 0.717) is 6.54 Å². The molecular formula is C13H17NO3S. The van der Waals surface area contributed by atoms with E-state index in [4.69, 9.17) is 4.42 Å². The highest BCUT2D eigenvalue weighted by atomic mass is 32.2. The predicted molar refractivity (Wildman–Crippen MR) is 72.2 cm³/mol. The monoisotopic (exact) mass is 267 g/mol. The highest BCUT2D eigenvalue weighted by Crippen LogP contribution is 2.20. The summed E-state index contributed by atoms with van der Waals surface area (Å²) in [4.78, 5) is 0. The summed E-state index contributed by atoms with van der Waals surface area (Å²) in [6.07, 6.45) is 2.96. The van der Waals surface area contributed by atoms with Crippen molar-refractivity contribution >= 4 is 20.8 Å². The number of nitrogens with one attached hydrogen (secondary N) is 1. The molecule has 0 radical (unpaired) electrons. The normalized spacial score (nSPS) is 13.9. The lowest BCUT2D eigenvalue weighted by atomic mass is 10.2. The molecule has 1 aromatic carbocycles. The third-order valence-corrected chi connectivity index (χ3v) is 3.86. The third kappa shape index (κ3) is 3.34. The summed E-state index contributed by atoms with van der Waals surface area (Å²) in [7, 11) is -2.94. The van der Waals surface area contributed by atoms with Crippen LogP contribution in [0.25, 0.3) is 11.0 Å². The van der Waals surface area contributed by atoms with Gasteiger partial charge in [-0.3, -0.25) is 0 Å². The van der Waals surface area contributed by atoms with Crippen molar-refractivity contribution in [2.24, 2.45) is 0 Å². The smallest absolute Gasteiger partial charge is 0.148 e. The first-order valence-corrected chi connectivity index (χ1v) is 7.88. The lowest BCUT2D eigenvalue weighted by molar-refractivity contribution is 0.555. The van der Waals surface area contributed by atoms with Crippen molar-refractivity contribution in [3.8, 4) is 0 Å². The number of benzene rings is 1. The molecule has 0 aliphatic heterocycles. The number of hydrogen-bond acceptors (Lipinski definition) is 4. The summed E-state index contributed by atoms with van der Waals surface area (Å²) < 4.78 is 27.7. The Balaban J connectivity index is 2.02. The topological polar surface area (TPSA) is 59.3 Å². The largest absolute Gasteiger partial charge is 0.464 e. The van der Waals surface area contributed by atoms with Crippen LogP contribution in [-0.2, 0) is 16.4 Å². The van der Waals surface area contributed by atoms with E-state index in [1.165, 1.54) is 6.26 Å². The summed E-state index contributed by atoms with van der Waals surface area (Å²) in [5, 5.41) is 4.26. The maximum absolute atomic E-state index is 11.2.